The van der Waals surface area contributed by atoms with Crippen LogP contribution in [0.15, 0.2) is 0 Å². The molecule has 1 N–H and O–H groups in total. The van der Waals surface area contributed by atoms with E-state index < -0.39 is 6.10 Å². The fourth-order valence-corrected chi connectivity index (χ4v) is 1.20. The van der Waals surface area contributed by atoms with Gasteiger partial charge in [0.05, 0.1) is 19.1 Å². The summed E-state index contributed by atoms with van der Waals surface area (Å²) >= 11 is 0. The summed E-state index contributed by atoms with van der Waals surface area (Å²) in [6.45, 7) is 6.43. The zero-order chi connectivity index (χ0) is 11.0. The summed E-state index contributed by atoms with van der Waals surface area (Å²) < 4.78 is 4.75. The fraction of sp³-hybridized carbons (Fsp3) is 0.909. The van der Waals surface area contributed by atoms with Crippen LogP contribution in [0, 0.1) is 5.92 Å². The first-order chi connectivity index (χ1) is 6.60. The van der Waals surface area contributed by atoms with Crippen LogP contribution in [0.3, 0.4) is 0 Å². The van der Waals surface area contributed by atoms with Crippen LogP contribution in [0.25, 0.3) is 0 Å². The summed E-state index contributed by atoms with van der Waals surface area (Å²) in [5.41, 5.74) is 0. The maximum atomic E-state index is 11.0. The molecule has 0 aromatic heterocycles. The number of carbonyl (C=O) groups is 1. The molecule has 0 radical (unpaired) electrons. The van der Waals surface area contributed by atoms with Gasteiger partial charge in [-0.3, -0.25) is 4.79 Å². The van der Waals surface area contributed by atoms with Crippen LogP contribution in [0.2, 0.25) is 0 Å². The van der Waals surface area contributed by atoms with E-state index in [1.54, 1.807) is 6.92 Å². The Labute approximate surface area is 86.5 Å². The van der Waals surface area contributed by atoms with Crippen molar-refractivity contribution in [2.75, 3.05) is 6.61 Å². The molecule has 0 aliphatic heterocycles. The topological polar surface area (TPSA) is 46.5 Å². The highest BCUT2D eigenvalue weighted by atomic mass is 16.5. The van der Waals surface area contributed by atoms with Crippen LogP contribution in [-0.2, 0) is 9.53 Å². The van der Waals surface area contributed by atoms with E-state index in [0.717, 1.165) is 12.8 Å². The minimum absolute atomic E-state index is 0.129. The molecule has 0 spiro atoms. The van der Waals surface area contributed by atoms with Crippen molar-refractivity contribution >= 4 is 5.97 Å². The van der Waals surface area contributed by atoms with Crippen LogP contribution in [0.4, 0.5) is 0 Å². The van der Waals surface area contributed by atoms with Gasteiger partial charge in [0, 0.05) is 0 Å². The predicted octanol–water partition coefficient (Wildman–Crippen LogP) is 2.13. The number of ether oxygens (including phenoxy) is 1. The van der Waals surface area contributed by atoms with Crippen LogP contribution in [0.1, 0.15) is 46.5 Å². The van der Waals surface area contributed by atoms with Gasteiger partial charge >= 0.3 is 5.97 Å². The van der Waals surface area contributed by atoms with E-state index in [1.165, 1.54) is 0 Å². The van der Waals surface area contributed by atoms with Gasteiger partial charge in [-0.15, -0.1) is 0 Å². The van der Waals surface area contributed by atoms with Crippen LogP contribution < -0.4 is 0 Å². The summed E-state index contributed by atoms with van der Waals surface area (Å²) in [5.74, 6) is 0.316. The van der Waals surface area contributed by atoms with Crippen molar-refractivity contribution in [1.29, 1.82) is 0 Å². The molecule has 0 heterocycles. The molecule has 3 heteroatoms. The highest BCUT2D eigenvalue weighted by Gasteiger charge is 2.12. The normalized spacial score (nSPS) is 14.9. The van der Waals surface area contributed by atoms with Gasteiger partial charge in [-0.1, -0.05) is 20.3 Å². The predicted molar refractivity (Wildman–Crippen MR) is 55.9 cm³/mol. The average molecular weight is 202 g/mol. The first-order valence-corrected chi connectivity index (χ1v) is 5.43. The number of hydrogen-bond donors (Lipinski definition) is 1. The molecule has 0 aliphatic carbocycles. The zero-order valence-corrected chi connectivity index (χ0v) is 9.45. The highest BCUT2D eigenvalue weighted by Crippen LogP contribution is 2.13. The smallest absolute Gasteiger partial charge is 0.308 e. The molecule has 0 bridgehead atoms. The van der Waals surface area contributed by atoms with Crippen LogP contribution in [0.5, 0.6) is 0 Å². The Balaban J connectivity index is 3.54. The van der Waals surface area contributed by atoms with Gasteiger partial charge in [-0.2, -0.15) is 0 Å². The van der Waals surface area contributed by atoms with Gasteiger partial charge in [0.15, 0.2) is 0 Å². The monoisotopic (exact) mass is 202 g/mol. The number of hydrogen-bond acceptors (Lipinski definition) is 3. The molecule has 14 heavy (non-hydrogen) atoms. The lowest BCUT2D eigenvalue weighted by atomic mass is 9.99. The number of esters is 1. The molecule has 0 amide bonds. The Bertz CT molecular complexity index is 157. The molecule has 0 saturated heterocycles. The van der Waals surface area contributed by atoms with E-state index in [4.69, 9.17) is 4.74 Å². The van der Waals surface area contributed by atoms with E-state index in [9.17, 15) is 9.90 Å². The van der Waals surface area contributed by atoms with Gasteiger partial charge in [0.1, 0.15) is 0 Å². The molecule has 2 atom stereocenters. The second-order valence-corrected chi connectivity index (χ2v) is 3.75. The molecule has 0 rings (SSSR count). The molecule has 1 unspecified atom stereocenters. The van der Waals surface area contributed by atoms with E-state index >= 15 is 0 Å². The Morgan fingerprint density at radius 3 is 2.50 bits per heavy atom. The second kappa shape index (κ2) is 7.80. The zero-order valence-electron chi connectivity index (χ0n) is 9.45. The quantitative estimate of drug-likeness (QED) is 0.643. The van der Waals surface area contributed by atoms with Gasteiger partial charge in [-0.05, 0) is 25.7 Å². The first kappa shape index (κ1) is 13.4. The highest BCUT2D eigenvalue weighted by molar-refractivity contribution is 5.69. The van der Waals surface area contributed by atoms with Gasteiger partial charge in [0.2, 0.25) is 0 Å². The number of rotatable bonds is 7. The summed E-state index contributed by atoms with van der Waals surface area (Å²) in [7, 11) is 0. The molecular weight excluding hydrogens is 180 g/mol. The number of aliphatic hydroxyl groups excluding tert-OH is 1. The van der Waals surface area contributed by atoms with Crippen LogP contribution >= 0.6 is 0 Å². The lowest BCUT2D eigenvalue weighted by molar-refractivity contribution is -0.145. The van der Waals surface area contributed by atoms with Gasteiger partial charge in [-0.25, -0.2) is 0 Å². The minimum atomic E-state index is -0.539. The molecule has 0 saturated carbocycles. The molecule has 3 nitrogen and oxygen atoms in total. The van der Waals surface area contributed by atoms with E-state index in [1.807, 2.05) is 0 Å². The third kappa shape index (κ3) is 6.89. The maximum absolute atomic E-state index is 11.0. The van der Waals surface area contributed by atoms with E-state index in [-0.39, 0.29) is 12.4 Å². The number of aliphatic hydroxyl groups is 1. The van der Waals surface area contributed by atoms with Crippen molar-refractivity contribution in [3.05, 3.63) is 0 Å². The van der Waals surface area contributed by atoms with Crippen molar-refractivity contribution in [3.8, 4) is 0 Å². The maximum Gasteiger partial charge on any atom is 0.308 e. The summed E-state index contributed by atoms with van der Waals surface area (Å²) in [6.07, 6.45) is 2.37. The summed E-state index contributed by atoms with van der Waals surface area (Å²) in [6, 6.07) is 0. The molecule has 0 aromatic rings. The third-order valence-electron chi connectivity index (χ3n) is 2.40. The standard InChI is InChI=1S/C11H22O3/c1-4-9(3)6-7-10(12)8-11(13)14-5-2/h9-10,12H,4-8H2,1-3H3/t9-,10?/m0/s1. The molecule has 0 aromatic carbocycles. The molecule has 0 aliphatic rings. The molecule has 84 valence electrons. The SMILES string of the molecule is CCOC(=O)CC(O)CC[C@@H](C)CC. The number of carbonyl (C=O) groups excluding carboxylic acids is 1. The Kier molecular flexibility index (Phi) is 7.48. The van der Waals surface area contributed by atoms with Crippen molar-refractivity contribution in [1.82, 2.24) is 0 Å². The lowest BCUT2D eigenvalue weighted by Crippen LogP contribution is -2.16. The average Bonchev–Trinajstić information content (AvgIpc) is 2.14. The fourth-order valence-electron chi connectivity index (χ4n) is 1.20. The van der Waals surface area contributed by atoms with Gasteiger partial charge in [0.25, 0.3) is 0 Å². The second-order valence-electron chi connectivity index (χ2n) is 3.75. The van der Waals surface area contributed by atoms with Crippen LogP contribution in [-0.4, -0.2) is 23.8 Å². The van der Waals surface area contributed by atoms with E-state index in [0.29, 0.717) is 18.9 Å². The largest absolute Gasteiger partial charge is 0.466 e. The molecule has 0 fully saturated rings. The van der Waals surface area contributed by atoms with Crippen molar-refractivity contribution in [2.24, 2.45) is 5.92 Å². The van der Waals surface area contributed by atoms with Crippen molar-refractivity contribution in [3.63, 3.8) is 0 Å². The molecular formula is C11H22O3. The minimum Gasteiger partial charge on any atom is -0.466 e. The Hall–Kier alpha value is -0.570. The first-order valence-electron chi connectivity index (χ1n) is 5.43. The van der Waals surface area contributed by atoms with Crippen molar-refractivity contribution < 1.29 is 14.6 Å². The van der Waals surface area contributed by atoms with Crippen molar-refractivity contribution in [2.45, 2.75) is 52.6 Å². The third-order valence-corrected chi connectivity index (χ3v) is 2.40. The Morgan fingerprint density at radius 2 is 2.00 bits per heavy atom. The lowest BCUT2D eigenvalue weighted by Gasteiger charge is -2.12. The Morgan fingerprint density at radius 1 is 1.36 bits per heavy atom. The van der Waals surface area contributed by atoms with E-state index in [2.05, 4.69) is 13.8 Å². The summed E-state index contributed by atoms with van der Waals surface area (Å²) in [4.78, 5) is 11.0. The van der Waals surface area contributed by atoms with Gasteiger partial charge < -0.3 is 9.84 Å². The summed E-state index contributed by atoms with van der Waals surface area (Å²) in [5, 5.41) is 9.49.